The third-order valence-corrected chi connectivity index (χ3v) is 4.48. The van der Waals surface area contributed by atoms with Crippen molar-refractivity contribution in [1.82, 2.24) is 9.55 Å². The zero-order chi connectivity index (χ0) is 17.6. The first-order chi connectivity index (χ1) is 12.2. The summed E-state index contributed by atoms with van der Waals surface area (Å²) in [6, 6.07) is 15.5. The van der Waals surface area contributed by atoms with E-state index in [0.717, 1.165) is 36.2 Å². The molecule has 3 aromatic rings. The molecule has 1 aromatic heterocycles. The monoisotopic (exact) mass is 358 g/mol. The number of aryl methyl sites for hydroxylation is 1. The minimum Gasteiger partial charge on any atom is -0.492 e. The van der Waals surface area contributed by atoms with Crippen LogP contribution < -0.4 is 4.74 Å². The highest BCUT2D eigenvalue weighted by molar-refractivity contribution is 6.32. The highest BCUT2D eigenvalue weighted by Gasteiger charge is 2.17. The summed E-state index contributed by atoms with van der Waals surface area (Å²) >= 11 is 6.11. The second-order valence-corrected chi connectivity index (χ2v) is 6.45. The predicted molar refractivity (Wildman–Crippen MR) is 101 cm³/mol. The average molecular weight is 359 g/mol. The largest absolute Gasteiger partial charge is 0.492 e. The van der Waals surface area contributed by atoms with E-state index in [4.69, 9.17) is 16.3 Å². The maximum absolute atomic E-state index is 10.4. The summed E-state index contributed by atoms with van der Waals surface area (Å²) < 4.78 is 7.87. The van der Waals surface area contributed by atoms with Gasteiger partial charge in [-0.3, -0.25) is 0 Å². The van der Waals surface area contributed by atoms with Crippen molar-refractivity contribution in [3.05, 3.63) is 59.4 Å². The maximum Gasteiger partial charge on any atom is 0.138 e. The molecule has 1 heterocycles. The topological polar surface area (TPSA) is 47.3 Å². The van der Waals surface area contributed by atoms with Crippen LogP contribution in [0.2, 0.25) is 5.02 Å². The van der Waals surface area contributed by atoms with Crippen LogP contribution in [0, 0.1) is 0 Å². The molecule has 0 spiro atoms. The second-order valence-electron chi connectivity index (χ2n) is 6.05. The molecule has 5 heteroatoms. The Balaban J connectivity index is 1.71. The van der Waals surface area contributed by atoms with Gasteiger partial charge in [-0.05, 0) is 37.1 Å². The number of imidazole rings is 1. The second kappa shape index (κ2) is 8.37. The van der Waals surface area contributed by atoms with Gasteiger partial charge in [0.2, 0.25) is 0 Å². The van der Waals surface area contributed by atoms with Gasteiger partial charge in [-0.2, -0.15) is 0 Å². The third kappa shape index (κ3) is 4.14. The quantitative estimate of drug-likeness (QED) is 0.577. The molecule has 0 bridgehead atoms. The van der Waals surface area contributed by atoms with E-state index in [1.165, 1.54) is 0 Å². The molecule has 0 aliphatic carbocycles. The van der Waals surface area contributed by atoms with Gasteiger partial charge in [-0.25, -0.2) is 4.98 Å². The molecule has 0 fully saturated rings. The van der Waals surface area contributed by atoms with Crippen molar-refractivity contribution in [2.24, 2.45) is 0 Å². The number of hydrogen-bond acceptors (Lipinski definition) is 3. The minimum atomic E-state index is -0.540. The summed E-state index contributed by atoms with van der Waals surface area (Å²) in [5.74, 6) is 1.44. The highest BCUT2D eigenvalue weighted by Crippen LogP contribution is 2.25. The lowest BCUT2D eigenvalue weighted by atomic mass is 10.2. The lowest BCUT2D eigenvalue weighted by molar-refractivity contribution is 0.152. The first-order valence-corrected chi connectivity index (χ1v) is 9.09. The zero-order valence-electron chi connectivity index (χ0n) is 14.4. The summed E-state index contributed by atoms with van der Waals surface area (Å²) in [6.45, 7) is 3.36. The van der Waals surface area contributed by atoms with E-state index in [1.54, 1.807) is 0 Å². The lowest BCUT2D eigenvalue weighted by Gasteiger charge is -2.14. The number of aliphatic hydroxyl groups excluding tert-OH is 1. The summed E-state index contributed by atoms with van der Waals surface area (Å²) in [4.78, 5) is 4.63. The molecule has 0 radical (unpaired) electrons. The van der Waals surface area contributed by atoms with Crippen LogP contribution in [0.1, 0.15) is 38.1 Å². The number of nitrogens with zero attached hydrogens (tertiary/aromatic N) is 2. The number of hydrogen-bond donors (Lipinski definition) is 1. The van der Waals surface area contributed by atoms with E-state index in [0.29, 0.717) is 23.8 Å². The zero-order valence-corrected chi connectivity index (χ0v) is 15.1. The normalized spacial score (nSPS) is 12.4. The van der Waals surface area contributed by atoms with Crippen LogP contribution in [-0.4, -0.2) is 21.3 Å². The number of benzene rings is 2. The molecule has 4 nitrogen and oxygen atoms in total. The van der Waals surface area contributed by atoms with Gasteiger partial charge in [-0.15, -0.1) is 0 Å². The number of ether oxygens (including phenoxy) is 1. The molecule has 2 aromatic carbocycles. The minimum absolute atomic E-state index is 0.540. The standard InChI is InChI=1S/C20H23ClN2O2/c1-2-8-18(24)20-22-16-10-4-5-11-17(16)23(20)13-7-14-25-19-12-6-3-9-15(19)21/h3-6,9-12,18,24H,2,7-8,13-14H2,1H3. The van der Waals surface area contributed by atoms with Crippen molar-refractivity contribution in [1.29, 1.82) is 0 Å². The number of halogens is 1. The van der Waals surface area contributed by atoms with Gasteiger partial charge in [0.1, 0.15) is 17.7 Å². The molecule has 0 aliphatic heterocycles. The van der Waals surface area contributed by atoms with Crippen LogP contribution >= 0.6 is 11.6 Å². The van der Waals surface area contributed by atoms with Gasteiger partial charge in [0.15, 0.2) is 0 Å². The van der Waals surface area contributed by atoms with E-state index in [-0.39, 0.29) is 0 Å². The van der Waals surface area contributed by atoms with Gasteiger partial charge >= 0.3 is 0 Å². The van der Waals surface area contributed by atoms with E-state index in [1.807, 2.05) is 48.5 Å². The number of para-hydroxylation sites is 3. The summed E-state index contributed by atoms with van der Waals surface area (Å²) in [5, 5.41) is 11.1. The highest BCUT2D eigenvalue weighted by atomic mass is 35.5. The van der Waals surface area contributed by atoms with Gasteiger partial charge in [0.25, 0.3) is 0 Å². The van der Waals surface area contributed by atoms with Crippen LogP contribution in [-0.2, 0) is 6.54 Å². The van der Waals surface area contributed by atoms with E-state index in [9.17, 15) is 5.11 Å². The molecule has 1 atom stereocenters. The molecule has 0 saturated heterocycles. The maximum atomic E-state index is 10.4. The molecular weight excluding hydrogens is 336 g/mol. The Morgan fingerprint density at radius 1 is 1.16 bits per heavy atom. The van der Waals surface area contributed by atoms with Crippen LogP contribution in [0.5, 0.6) is 5.75 Å². The molecule has 25 heavy (non-hydrogen) atoms. The number of fused-ring (bicyclic) bond motifs is 1. The van der Waals surface area contributed by atoms with Gasteiger partial charge in [0, 0.05) is 6.54 Å². The average Bonchev–Trinajstić information content (AvgIpc) is 2.99. The van der Waals surface area contributed by atoms with Crippen molar-refractivity contribution in [3.63, 3.8) is 0 Å². The Labute approximate surface area is 153 Å². The van der Waals surface area contributed by atoms with E-state index in [2.05, 4.69) is 16.5 Å². The van der Waals surface area contributed by atoms with Crippen LogP contribution in [0.25, 0.3) is 11.0 Å². The van der Waals surface area contributed by atoms with Crippen molar-refractivity contribution in [3.8, 4) is 5.75 Å². The number of rotatable bonds is 8. The van der Waals surface area contributed by atoms with Crippen molar-refractivity contribution in [2.45, 2.75) is 38.8 Å². The third-order valence-electron chi connectivity index (χ3n) is 4.16. The first-order valence-electron chi connectivity index (χ1n) is 8.71. The van der Waals surface area contributed by atoms with Crippen molar-refractivity contribution in [2.75, 3.05) is 6.61 Å². The lowest BCUT2D eigenvalue weighted by Crippen LogP contribution is -2.11. The van der Waals surface area contributed by atoms with Crippen LogP contribution in [0.4, 0.5) is 0 Å². The Morgan fingerprint density at radius 2 is 1.92 bits per heavy atom. The Bertz CT molecular complexity index is 831. The Morgan fingerprint density at radius 3 is 2.72 bits per heavy atom. The molecule has 1 unspecified atom stereocenters. The fraction of sp³-hybridized carbons (Fsp3) is 0.350. The fourth-order valence-electron chi connectivity index (χ4n) is 2.95. The molecule has 0 amide bonds. The van der Waals surface area contributed by atoms with Crippen LogP contribution in [0.15, 0.2) is 48.5 Å². The number of aliphatic hydroxyl groups is 1. The molecule has 132 valence electrons. The van der Waals surface area contributed by atoms with Crippen LogP contribution in [0.3, 0.4) is 0 Å². The molecule has 3 rings (SSSR count). The molecule has 0 aliphatic rings. The Hall–Kier alpha value is -2.04. The first kappa shape index (κ1) is 17.8. The molecular formula is C20H23ClN2O2. The number of aromatic nitrogens is 2. The van der Waals surface area contributed by atoms with Gasteiger partial charge < -0.3 is 14.4 Å². The van der Waals surface area contributed by atoms with Gasteiger partial charge in [-0.1, -0.05) is 49.2 Å². The molecule has 1 N–H and O–H groups in total. The summed E-state index contributed by atoms with van der Waals surface area (Å²) in [6.07, 6.45) is 1.89. The Kier molecular flexibility index (Phi) is 5.95. The summed E-state index contributed by atoms with van der Waals surface area (Å²) in [7, 11) is 0. The van der Waals surface area contributed by atoms with Crippen molar-refractivity contribution >= 4 is 22.6 Å². The predicted octanol–water partition coefficient (Wildman–Crippen LogP) is 4.99. The fourth-order valence-corrected chi connectivity index (χ4v) is 3.14. The smallest absolute Gasteiger partial charge is 0.138 e. The van der Waals surface area contributed by atoms with E-state index >= 15 is 0 Å². The van der Waals surface area contributed by atoms with Gasteiger partial charge in [0.05, 0.1) is 22.7 Å². The summed E-state index contributed by atoms with van der Waals surface area (Å²) in [5.41, 5.74) is 1.96. The molecule has 0 saturated carbocycles. The SMILES string of the molecule is CCCC(O)c1nc2ccccc2n1CCCOc1ccccc1Cl. The van der Waals surface area contributed by atoms with E-state index < -0.39 is 6.10 Å². The van der Waals surface area contributed by atoms with Crippen molar-refractivity contribution < 1.29 is 9.84 Å².